The maximum atomic E-state index is 12.9. The first-order chi connectivity index (χ1) is 19.4. The number of carbonyl (C=O) groups excluding carboxylic acids is 2. The van der Waals surface area contributed by atoms with Gasteiger partial charge in [-0.25, -0.2) is 4.79 Å². The largest absolute Gasteiger partial charge is 0.508 e. The van der Waals surface area contributed by atoms with Crippen LogP contribution in [0, 0.1) is 11.8 Å². The molecule has 0 aliphatic carbocycles. The second-order valence-electron chi connectivity index (χ2n) is 10.3. The van der Waals surface area contributed by atoms with Crippen molar-refractivity contribution in [1.29, 1.82) is 0 Å². The molecule has 0 radical (unpaired) electrons. The highest BCUT2D eigenvalue weighted by atomic mass is 16.6. The van der Waals surface area contributed by atoms with Crippen LogP contribution in [0.25, 0.3) is 0 Å². The van der Waals surface area contributed by atoms with E-state index in [9.17, 15) is 19.8 Å². The van der Waals surface area contributed by atoms with E-state index in [0.717, 1.165) is 0 Å². The number of rotatable bonds is 5. The normalized spacial score (nSPS) is 31.7. The first kappa shape index (κ1) is 33.8. The van der Waals surface area contributed by atoms with E-state index in [1.165, 1.54) is 26.4 Å². The van der Waals surface area contributed by atoms with E-state index in [4.69, 9.17) is 29.4 Å². The summed E-state index contributed by atoms with van der Waals surface area (Å²) in [6.07, 6.45) is 3.14. The number of nitrogens with one attached hydrogen (secondary N) is 1. The highest BCUT2D eigenvalue weighted by molar-refractivity contribution is 6.04. The molecule has 5 N–H and O–H groups in total. The van der Waals surface area contributed by atoms with Crippen LogP contribution in [0.4, 0.5) is 10.5 Å². The molecule has 1 aliphatic heterocycles. The average molecular weight is 577 g/mol. The summed E-state index contributed by atoms with van der Waals surface area (Å²) in [7, 11) is 6.15. The maximum Gasteiger partial charge on any atom is 0.405 e. The molecule has 0 saturated carbocycles. The van der Waals surface area contributed by atoms with Crippen LogP contribution < -0.4 is 11.1 Å². The van der Waals surface area contributed by atoms with Gasteiger partial charge in [0.1, 0.15) is 17.6 Å². The molecular formula is C30H44N2O9. The van der Waals surface area contributed by atoms with Gasteiger partial charge in [0.2, 0.25) is 0 Å². The molecule has 1 heterocycles. The van der Waals surface area contributed by atoms with Crippen molar-refractivity contribution >= 4 is 17.7 Å². The summed E-state index contributed by atoms with van der Waals surface area (Å²) in [4.78, 5) is 24.7. The third-order valence-electron chi connectivity index (χ3n) is 7.31. The monoisotopic (exact) mass is 576 g/mol. The fraction of sp³-hybridized carbons (Fsp3) is 0.533. The molecule has 228 valence electrons. The fourth-order valence-corrected chi connectivity index (χ4v) is 5.24. The number of fused-ring (bicyclic) bond motifs is 2. The summed E-state index contributed by atoms with van der Waals surface area (Å²) in [5, 5.41) is 24.2. The lowest BCUT2D eigenvalue weighted by atomic mass is 9.86. The number of anilines is 1. The van der Waals surface area contributed by atoms with Gasteiger partial charge >= 0.3 is 6.09 Å². The number of hydrogen-bond donors (Lipinski definition) is 4. The topological polar surface area (TPSA) is 159 Å². The Bertz CT molecular complexity index is 1150. The molecule has 2 unspecified atom stereocenters. The summed E-state index contributed by atoms with van der Waals surface area (Å²) in [6, 6.07) is 2.68. The van der Waals surface area contributed by atoms with Crippen molar-refractivity contribution in [3.63, 3.8) is 0 Å². The maximum absolute atomic E-state index is 12.9. The second kappa shape index (κ2) is 15.6. The lowest BCUT2D eigenvalue weighted by Crippen LogP contribution is -2.38. The van der Waals surface area contributed by atoms with Crippen LogP contribution in [-0.2, 0) is 28.5 Å². The zero-order valence-corrected chi connectivity index (χ0v) is 25.0. The Morgan fingerprint density at radius 3 is 2.24 bits per heavy atom. The predicted octanol–water partition coefficient (Wildman–Crippen LogP) is 4.36. The van der Waals surface area contributed by atoms with Crippen LogP contribution in [0.3, 0.4) is 0 Å². The zero-order valence-electron chi connectivity index (χ0n) is 25.0. The molecule has 0 saturated heterocycles. The van der Waals surface area contributed by atoms with E-state index in [-0.39, 0.29) is 29.0 Å². The summed E-state index contributed by atoms with van der Waals surface area (Å²) in [6.45, 7) is 7.29. The van der Waals surface area contributed by atoms with E-state index >= 15 is 0 Å². The summed E-state index contributed by atoms with van der Waals surface area (Å²) >= 11 is 0. The number of amides is 2. The number of nitrogens with two attached hydrogens (primary N) is 1. The Hall–Kier alpha value is -3.38. The van der Waals surface area contributed by atoms with E-state index in [1.54, 1.807) is 46.3 Å². The van der Waals surface area contributed by atoms with Gasteiger partial charge in [0.05, 0.1) is 24.0 Å². The number of phenols is 2. The lowest BCUT2D eigenvalue weighted by molar-refractivity contribution is -0.112. The van der Waals surface area contributed by atoms with E-state index in [0.29, 0.717) is 23.1 Å². The van der Waals surface area contributed by atoms with Gasteiger partial charge in [-0.15, -0.1) is 0 Å². The van der Waals surface area contributed by atoms with Crippen molar-refractivity contribution in [2.75, 3.05) is 33.8 Å². The van der Waals surface area contributed by atoms with Gasteiger partial charge in [-0.1, -0.05) is 38.2 Å². The van der Waals surface area contributed by atoms with Gasteiger partial charge in [0, 0.05) is 51.6 Å². The minimum atomic E-state index is -0.961. The smallest absolute Gasteiger partial charge is 0.405 e. The molecular weight excluding hydrogens is 532 g/mol. The molecule has 1 aromatic rings. The van der Waals surface area contributed by atoms with Crippen LogP contribution in [0.15, 0.2) is 47.6 Å². The van der Waals surface area contributed by atoms with Crippen molar-refractivity contribution in [3.05, 3.63) is 53.1 Å². The zero-order chi connectivity index (χ0) is 30.9. The number of phenolic OH excluding ortho intramolecular Hbond substituents is 2. The quantitative estimate of drug-likeness (QED) is 0.227. The first-order valence-corrected chi connectivity index (χ1v) is 13.4. The van der Waals surface area contributed by atoms with Gasteiger partial charge in [0.15, 0.2) is 6.10 Å². The van der Waals surface area contributed by atoms with E-state index < -0.39 is 42.5 Å². The van der Waals surface area contributed by atoms with Gasteiger partial charge < -0.3 is 44.9 Å². The number of hydrogen-bond acceptors (Lipinski definition) is 9. The highest BCUT2D eigenvalue weighted by Gasteiger charge is 2.33. The van der Waals surface area contributed by atoms with Crippen LogP contribution in [0.2, 0.25) is 0 Å². The molecule has 7 atom stereocenters. The summed E-state index contributed by atoms with van der Waals surface area (Å²) < 4.78 is 28.6. The fourth-order valence-electron chi connectivity index (χ4n) is 5.24. The van der Waals surface area contributed by atoms with Crippen LogP contribution >= 0.6 is 0 Å². The molecule has 0 fully saturated rings. The minimum Gasteiger partial charge on any atom is -0.508 e. The minimum absolute atomic E-state index is 0.0325. The highest BCUT2D eigenvalue weighted by Crippen LogP contribution is 2.41. The second-order valence-corrected chi connectivity index (χ2v) is 10.3. The molecule has 41 heavy (non-hydrogen) atoms. The number of benzene rings is 1. The predicted molar refractivity (Wildman–Crippen MR) is 155 cm³/mol. The number of methoxy groups -OCH3 is 4. The molecule has 2 bridgehead atoms. The average Bonchev–Trinajstić information content (AvgIpc) is 2.91. The van der Waals surface area contributed by atoms with Gasteiger partial charge in [0.25, 0.3) is 5.91 Å². The molecule has 0 aromatic heterocycles. The Balaban J connectivity index is 2.71. The molecule has 11 nitrogen and oxygen atoms in total. The number of allylic oxidation sites excluding steroid dienone is 2. The van der Waals surface area contributed by atoms with Crippen LogP contribution in [0.1, 0.15) is 45.8 Å². The Morgan fingerprint density at radius 1 is 1.00 bits per heavy atom. The van der Waals surface area contributed by atoms with E-state index in [2.05, 4.69) is 5.32 Å². The SMILES string of the molecule is COC1[C@@H](OC)C[C@H](C)[C@@H](OC)c2cc(O)cc(c2O)NC(=O)/C(C)=C/C=C\[C@H](OC)C(OC(N)=O)/C(C)=C/[C@@H]1C. The van der Waals surface area contributed by atoms with Gasteiger partial charge in [-0.05, 0) is 37.8 Å². The van der Waals surface area contributed by atoms with Crippen molar-refractivity contribution in [1.82, 2.24) is 0 Å². The number of primary amides is 1. The van der Waals surface area contributed by atoms with E-state index in [1.807, 2.05) is 19.9 Å². The standard InChI is InChI=1S/C30H44N2O9/c1-16-10-9-11-23(37-5)28(41-30(31)36)18(3)12-17(2)27(40-8)24(38-6)13-19(4)26(39-7)21-14-20(33)15-22(25(21)34)32-29(16)35/h9-12,14-15,17,19,23-24,26-28,33-34H,13H2,1-8H3,(H2,31,36)(H,32,35)/b11-9-,16-10+,18-12+/t17-,19-,23-,24-,26+,27?,28?/m0/s1. The molecule has 0 spiro atoms. The van der Waals surface area contributed by atoms with Crippen molar-refractivity contribution in [2.45, 2.75) is 64.6 Å². The number of aromatic hydroxyl groups is 2. The van der Waals surface area contributed by atoms with Crippen LogP contribution in [-0.4, -0.2) is 75.1 Å². The Morgan fingerprint density at radius 2 is 1.68 bits per heavy atom. The molecule has 1 aromatic carbocycles. The first-order valence-electron chi connectivity index (χ1n) is 13.4. The lowest BCUT2D eigenvalue weighted by Gasteiger charge is -2.33. The van der Waals surface area contributed by atoms with Gasteiger partial charge in [-0.3, -0.25) is 4.79 Å². The molecule has 2 amide bonds. The number of carbonyl (C=O) groups is 2. The summed E-state index contributed by atoms with van der Waals surface area (Å²) in [5.41, 5.74) is 6.71. The Kier molecular flexibility index (Phi) is 12.8. The third-order valence-corrected chi connectivity index (χ3v) is 7.31. The Labute approximate surface area is 241 Å². The molecule has 1 aliphatic rings. The van der Waals surface area contributed by atoms with Crippen molar-refractivity contribution in [2.24, 2.45) is 17.6 Å². The number of ether oxygens (including phenoxy) is 5. The van der Waals surface area contributed by atoms with Gasteiger partial charge in [-0.2, -0.15) is 0 Å². The molecule has 11 heteroatoms. The van der Waals surface area contributed by atoms with Crippen molar-refractivity contribution < 1.29 is 43.5 Å². The van der Waals surface area contributed by atoms with Crippen LogP contribution in [0.5, 0.6) is 11.5 Å². The summed E-state index contributed by atoms with van der Waals surface area (Å²) in [5.74, 6) is -1.30. The van der Waals surface area contributed by atoms with Crippen molar-refractivity contribution in [3.8, 4) is 11.5 Å². The third kappa shape index (κ3) is 8.80. The molecule has 2 rings (SSSR count).